The maximum Gasteiger partial charge on any atom is 0.122 e. The average molecular weight is 287 g/mol. The molecule has 0 saturated heterocycles. The first-order valence-corrected chi connectivity index (χ1v) is 8.73. The minimum atomic E-state index is 0.662. The topological polar surface area (TPSA) is 21.3 Å². The van der Waals surface area contributed by atoms with E-state index in [-0.39, 0.29) is 0 Å². The van der Waals surface area contributed by atoms with E-state index in [1.54, 1.807) is 0 Å². The molecule has 0 spiro atoms. The van der Waals surface area contributed by atoms with Gasteiger partial charge in [-0.2, -0.15) is 0 Å². The van der Waals surface area contributed by atoms with Gasteiger partial charge >= 0.3 is 0 Å². The molecule has 1 aromatic rings. The number of fused-ring (bicyclic) bond motifs is 1. The van der Waals surface area contributed by atoms with Crippen molar-refractivity contribution in [2.24, 2.45) is 11.8 Å². The highest BCUT2D eigenvalue weighted by molar-refractivity contribution is 5.37. The van der Waals surface area contributed by atoms with Gasteiger partial charge in [-0.05, 0) is 61.6 Å². The summed E-state index contributed by atoms with van der Waals surface area (Å²) in [6.07, 6.45) is 6.66. The molecule has 0 aromatic heterocycles. The van der Waals surface area contributed by atoms with Gasteiger partial charge in [-0.15, -0.1) is 0 Å². The Bertz CT molecular complexity index is 459. The molecule has 2 nitrogen and oxygen atoms in total. The van der Waals surface area contributed by atoms with Crippen molar-refractivity contribution in [2.75, 3.05) is 13.2 Å². The minimum absolute atomic E-state index is 0.662. The van der Waals surface area contributed by atoms with E-state index in [1.165, 1.54) is 37.7 Å². The van der Waals surface area contributed by atoms with Crippen LogP contribution in [0.3, 0.4) is 0 Å². The molecule has 2 heteroatoms. The summed E-state index contributed by atoms with van der Waals surface area (Å²) >= 11 is 0. The summed E-state index contributed by atoms with van der Waals surface area (Å²) < 4.78 is 5.82. The number of hydrogen-bond acceptors (Lipinski definition) is 2. The third-order valence-corrected chi connectivity index (χ3v) is 5.39. The molecule has 1 saturated carbocycles. The van der Waals surface area contributed by atoms with Crippen LogP contribution >= 0.6 is 0 Å². The van der Waals surface area contributed by atoms with Crippen molar-refractivity contribution < 1.29 is 4.74 Å². The lowest BCUT2D eigenvalue weighted by Crippen LogP contribution is -2.37. The summed E-state index contributed by atoms with van der Waals surface area (Å²) in [5, 5.41) is 3.78. The van der Waals surface area contributed by atoms with E-state index in [9.17, 15) is 0 Å². The maximum absolute atomic E-state index is 5.82. The summed E-state index contributed by atoms with van der Waals surface area (Å²) in [4.78, 5) is 0. The second-order valence-corrected chi connectivity index (χ2v) is 6.95. The zero-order chi connectivity index (χ0) is 14.7. The van der Waals surface area contributed by atoms with Gasteiger partial charge in [0, 0.05) is 6.04 Å². The molecule has 0 radical (unpaired) electrons. The molecule has 1 heterocycles. The SMILES string of the molecule is CCNC(CC1CCOc2ccccc21)C1CCC(C)C1. The third-order valence-electron chi connectivity index (χ3n) is 5.39. The number of rotatable bonds is 5. The van der Waals surface area contributed by atoms with Crippen molar-refractivity contribution >= 4 is 0 Å². The Morgan fingerprint density at radius 2 is 2.10 bits per heavy atom. The normalized spacial score (nSPS) is 29.7. The molecule has 3 rings (SSSR count). The van der Waals surface area contributed by atoms with Crippen LogP contribution in [0, 0.1) is 11.8 Å². The fourth-order valence-electron chi connectivity index (χ4n) is 4.29. The highest BCUT2D eigenvalue weighted by atomic mass is 16.5. The summed E-state index contributed by atoms with van der Waals surface area (Å²) in [6.45, 7) is 6.61. The van der Waals surface area contributed by atoms with Crippen LogP contribution < -0.4 is 10.1 Å². The van der Waals surface area contributed by atoms with Crippen LogP contribution in [0.25, 0.3) is 0 Å². The first kappa shape index (κ1) is 14.9. The summed E-state index contributed by atoms with van der Waals surface area (Å²) in [7, 11) is 0. The predicted octanol–water partition coefficient (Wildman–Crippen LogP) is 4.36. The van der Waals surface area contributed by atoms with E-state index >= 15 is 0 Å². The van der Waals surface area contributed by atoms with Crippen LogP contribution in [0.4, 0.5) is 0 Å². The zero-order valence-electron chi connectivity index (χ0n) is 13.5. The van der Waals surface area contributed by atoms with Crippen molar-refractivity contribution in [1.82, 2.24) is 5.32 Å². The lowest BCUT2D eigenvalue weighted by atomic mass is 9.82. The molecule has 21 heavy (non-hydrogen) atoms. The van der Waals surface area contributed by atoms with Crippen molar-refractivity contribution in [3.05, 3.63) is 29.8 Å². The first-order valence-electron chi connectivity index (χ1n) is 8.73. The molecule has 1 N–H and O–H groups in total. The Morgan fingerprint density at radius 1 is 1.24 bits per heavy atom. The van der Waals surface area contributed by atoms with E-state index in [4.69, 9.17) is 4.74 Å². The van der Waals surface area contributed by atoms with Crippen LogP contribution in [0.1, 0.15) is 57.4 Å². The van der Waals surface area contributed by atoms with Gasteiger partial charge in [0.25, 0.3) is 0 Å². The molecule has 2 aliphatic rings. The van der Waals surface area contributed by atoms with Crippen LogP contribution in [0.5, 0.6) is 5.75 Å². The van der Waals surface area contributed by atoms with Gasteiger partial charge in [-0.1, -0.05) is 38.5 Å². The van der Waals surface area contributed by atoms with E-state index < -0.39 is 0 Å². The van der Waals surface area contributed by atoms with Crippen LogP contribution in [0.15, 0.2) is 24.3 Å². The van der Waals surface area contributed by atoms with Crippen molar-refractivity contribution in [1.29, 1.82) is 0 Å². The summed E-state index contributed by atoms with van der Waals surface area (Å²) in [5.41, 5.74) is 1.43. The molecular formula is C19H29NO. The molecular weight excluding hydrogens is 258 g/mol. The fraction of sp³-hybridized carbons (Fsp3) is 0.684. The summed E-state index contributed by atoms with van der Waals surface area (Å²) in [6, 6.07) is 9.30. The molecule has 4 unspecified atom stereocenters. The van der Waals surface area contributed by atoms with E-state index in [0.717, 1.165) is 30.7 Å². The van der Waals surface area contributed by atoms with Gasteiger partial charge in [0.1, 0.15) is 5.75 Å². The highest BCUT2D eigenvalue weighted by Crippen LogP contribution is 2.40. The van der Waals surface area contributed by atoms with Crippen LogP contribution in [0.2, 0.25) is 0 Å². The van der Waals surface area contributed by atoms with Gasteiger partial charge in [0.2, 0.25) is 0 Å². The standard InChI is InChI=1S/C19H29NO/c1-3-20-18(16-9-8-14(2)12-16)13-15-10-11-21-19-7-5-4-6-17(15)19/h4-7,14-16,18,20H,3,8-13H2,1-2H3. The van der Waals surface area contributed by atoms with Gasteiger partial charge in [-0.3, -0.25) is 0 Å². The van der Waals surface area contributed by atoms with E-state index in [0.29, 0.717) is 12.0 Å². The first-order chi connectivity index (χ1) is 10.3. The lowest BCUT2D eigenvalue weighted by Gasteiger charge is -2.32. The van der Waals surface area contributed by atoms with E-state index in [2.05, 4.69) is 43.4 Å². The molecule has 4 atom stereocenters. The Labute approximate surface area is 129 Å². The molecule has 1 aliphatic carbocycles. The van der Waals surface area contributed by atoms with E-state index in [1.807, 2.05) is 0 Å². The molecule has 1 aromatic carbocycles. The largest absolute Gasteiger partial charge is 0.493 e. The second-order valence-electron chi connectivity index (χ2n) is 6.95. The van der Waals surface area contributed by atoms with Gasteiger partial charge in [0.15, 0.2) is 0 Å². The number of ether oxygens (including phenoxy) is 1. The van der Waals surface area contributed by atoms with Crippen LogP contribution in [-0.2, 0) is 0 Å². The van der Waals surface area contributed by atoms with Gasteiger partial charge < -0.3 is 10.1 Å². The quantitative estimate of drug-likeness (QED) is 0.869. The molecule has 1 aliphatic heterocycles. The van der Waals surface area contributed by atoms with Crippen LogP contribution in [-0.4, -0.2) is 19.2 Å². The molecule has 0 amide bonds. The minimum Gasteiger partial charge on any atom is -0.493 e. The monoisotopic (exact) mass is 287 g/mol. The van der Waals surface area contributed by atoms with Gasteiger partial charge in [0.05, 0.1) is 6.61 Å². The van der Waals surface area contributed by atoms with Crippen molar-refractivity contribution in [3.63, 3.8) is 0 Å². The molecule has 0 bridgehead atoms. The number of nitrogens with one attached hydrogen (secondary N) is 1. The molecule has 116 valence electrons. The maximum atomic E-state index is 5.82. The number of benzene rings is 1. The zero-order valence-corrected chi connectivity index (χ0v) is 13.5. The van der Waals surface area contributed by atoms with Gasteiger partial charge in [-0.25, -0.2) is 0 Å². The Balaban J connectivity index is 1.71. The smallest absolute Gasteiger partial charge is 0.122 e. The predicted molar refractivity (Wildman–Crippen MR) is 87.9 cm³/mol. The average Bonchev–Trinajstić information content (AvgIpc) is 2.94. The Kier molecular flexibility index (Phi) is 4.84. The third kappa shape index (κ3) is 3.42. The number of para-hydroxylation sites is 1. The molecule has 1 fully saturated rings. The lowest BCUT2D eigenvalue weighted by molar-refractivity contribution is 0.240. The highest BCUT2D eigenvalue weighted by Gasteiger charge is 2.31. The number of hydrogen-bond donors (Lipinski definition) is 1. The second kappa shape index (κ2) is 6.83. The van der Waals surface area contributed by atoms with Crippen molar-refractivity contribution in [3.8, 4) is 5.75 Å². The fourth-order valence-corrected chi connectivity index (χ4v) is 4.29. The Hall–Kier alpha value is -1.02. The Morgan fingerprint density at radius 3 is 2.86 bits per heavy atom. The summed E-state index contributed by atoms with van der Waals surface area (Å²) in [5.74, 6) is 3.56. The van der Waals surface area contributed by atoms with Crippen molar-refractivity contribution in [2.45, 2.75) is 57.9 Å².